The maximum absolute atomic E-state index is 11.2. The van der Waals surface area contributed by atoms with Crippen LogP contribution >= 0.6 is 0 Å². The number of aliphatic hydroxyl groups excluding tert-OH is 1. The summed E-state index contributed by atoms with van der Waals surface area (Å²) in [6.07, 6.45) is -0.636. The zero-order valence-corrected chi connectivity index (χ0v) is 9.97. The van der Waals surface area contributed by atoms with Crippen molar-refractivity contribution in [2.24, 2.45) is 0 Å². The number of hydrogen-bond acceptors (Lipinski definition) is 4. The Labute approximate surface area is 106 Å². The number of benzene rings is 1. The number of aliphatic hydroxyl groups is 1. The molecule has 1 atom stereocenters. The smallest absolute Gasteiger partial charge is 0.234 e. The summed E-state index contributed by atoms with van der Waals surface area (Å²) in [6.45, 7) is 2.13. The van der Waals surface area contributed by atoms with E-state index in [4.69, 9.17) is 5.26 Å². The van der Waals surface area contributed by atoms with Crippen LogP contribution in [-0.4, -0.2) is 42.1 Å². The number of carbonyl (C=O) groups is 1. The van der Waals surface area contributed by atoms with E-state index in [0.717, 1.165) is 12.1 Å². The lowest BCUT2D eigenvalue weighted by Gasteiger charge is -2.28. The zero-order valence-electron chi connectivity index (χ0n) is 9.97. The summed E-state index contributed by atoms with van der Waals surface area (Å²) < 4.78 is 0. The highest BCUT2D eigenvalue weighted by Crippen LogP contribution is 2.15. The van der Waals surface area contributed by atoms with Crippen LogP contribution in [0.1, 0.15) is 17.2 Å². The molecule has 1 aliphatic heterocycles. The van der Waals surface area contributed by atoms with Crippen molar-refractivity contribution >= 4 is 5.91 Å². The molecular weight excluding hydrogens is 230 g/mol. The Kier molecular flexibility index (Phi) is 3.92. The summed E-state index contributed by atoms with van der Waals surface area (Å²) in [5, 5.41) is 21.5. The SMILES string of the molecule is N#Cc1ccc(C(O)CN2CCNC(=O)C2)cc1. The van der Waals surface area contributed by atoms with Crippen molar-refractivity contribution in [1.29, 1.82) is 5.26 Å². The quantitative estimate of drug-likeness (QED) is 0.787. The Morgan fingerprint density at radius 1 is 1.44 bits per heavy atom. The van der Waals surface area contributed by atoms with Gasteiger partial charge in [0.25, 0.3) is 0 Å². The fourth-order valence-corrected chi connectivity index (χ4v) is 1.98. The second kappa shape index (κ2) is 5.63. The highest BCUT2D eigenvalue weighted by atomic mass is 16.3. The number of nitrogens with zero attached hydrogens (tertiary/aromatic N) is 2. The number of β-amino-alcohol motifs (C(OH)–C–C–N with tert-alkyl or cyclic N) is 1. The molecule has 18 heavy (non-hydrogen) atoms. The molecule has 1 amide bonds. The summed E-state index contributed by atoms with van der Waals surface area (Å²) >= 11 is 0. The molecule has 0 aromatic heterocycles. The molecule has 0 radical (unpaired) electrons. The van der Waals surface area contributed by atoms with Crippen molar-refractivity contribution in [3.63, 3.8) is 0 Å². The number of amides is 1. The van der Waals surface area contributed by atoms with E-state index in [0.29, 0.717) is 25.2 Å². The minimum atomic E-state index is -0.636. The van der Waals surface area contributed by atoms with Gasteiger partial charge in [0.05, 0.1) is 24.3 Å². The first kappa shape index (κ1) is 12.6. The lowest BCUT2D eigenvalue weighted by molar-refractivity contribution is -0.124. The zero-order chi connectivity index (χ0) is 13.0. The molecule has 1 unspecified atom stereocenters. The molecular formula is C13H15N3O2. The summed E-state index contributed by atoms with van der Waals surface area (Å²) in [6, 6.07) is 8.89. The van der Waals surface area contributed by atoms with Gasteiger partial charge in [0.1, 0.15) is 0 Å². The number of nitriles is 1. The van der Waals surface area contributed by atoms with E-state index < -0.39 is 6.10 Å². The highest BCUT2D eigenvalue weighted by molar-refractivity contribution is 5.78. The minimum absolute atomic E-state index is 0.00622. The number of piperazine rings is 1. The van der Waals surface area contributed by atoms with Gasteiger partial charge < -0.3 is 10.4 Å². The lowest BCUT2D eigenvalue weighted by atomic mass is 10.1. The molecule has 1 aromatic rings. The van der Waals surface area contributed by atoms with Crippen molar-refractivity contribution in [2.45, 2.75) is 6.10 Å². The number of carbonyl (C=O) groups excluding carboxylic acids is 1. The maximum Gasteiger partial charge on any atom is 0.234 e. The maximum atomic E-state index is 11.2. The van der Waals surface area contributed by atoms with Gasteiger partial charge >= 0.3 is 0 Å². The molecule has 1 saturated heterocycles. The fourth-order valence-electron chi connectivity index (χ4n) is 1.98. The van der Waals surface area contributed by atoms with E-state index in [2.05, 4.69) is 5.32 Å². The Morgan fingerprint density at radius 2 is 2.17 bits per heavy atom. The van der Waals surface area contributed by atoms with Gasteiger partial charge in [-0.3, -0.25) is 9.69 Å². The fraction of sp³-hybridized carbons (Fsp3) is 0.385. The molecule has 2 N–H and O–H groups in total. The van der Waals surface area contributed by atoms with Gasteiger partial charge in [-0.15, -0.1) is 0 Å². The Bertz CT molecular complexity index is 464. The van der Waals surface area contributed by atoms with Crippen LogP contribution in [-0.2, 0) is 4.79 Å². The predicted molar refractivity (Wildman–Crippen MR) is 65.6 cm³/mol. The summed E-state index contributed by atoms with van der Waals surface area (Å²) in [5.74, 6) is -0.00622. The van der Waals surface area contributed by atoms with Gasteiger partial charge in [0.2, 0.25) is 5.91 Å². The van der Waals surface area contributed by atoms with Crippen molar-refractivity contribution in [1.82, 2.24) is 10.2 Å². The molecule has 2 rings (SSSR count). The summed E-state index contributed by atoms with van der Waals surface area (Å²) in [5.41, 5.74) is 1.34. The van der Waals surface area contributed by atoms with E-state index in [1.54, 1.807) is 24.3 Å². The molecule has 0 aliphatic carbocycles. The second-order valence-corrected chi connectivity index (χ2v) is 4.33. The van der Waals surface area contributed by atoms with Crippen LogP contribution in [0.4, 0.5) is 0 Å². The number of rotatable bonds is 3. The van der Waals surface area contributed by atoms with E-state index >= 15 is 0 Å². The third-order valence-electron chi connectivity index (χ3n) is 2.97. The highest BCUT2D eigenvalue weighted by Gasteiger charge is 2.19. The molecule has 1 heterocycles. The van der Waals surface area contributed by atoms with Gasteiger partial charge in [-0.05, 0) is 17.7 Å². The topological polar surface area (TPSA) is 76.4 Å². The molecule has 0 spiro atoms. The standard InChI is InChI=1S/C13H15N3O2/c14-7-10-1-3-11(4-2-10)12(17)8-16-6-5-15-13(18)9-16/h1-4,12,17H,5-6,8-9H2,(H,15,18). The molecule has 1 aromatic carbocycles. The molecule has 5 nitrogen and oxygen atoms in total. The van der Waals surface area contributed by atoms with Crippen molar-refractivity contribution < 1.29 is 9.90 Å². The molecule has 0 bridgehead atoms. The van der Waals surface area contributed by atoms with Crippen molar-refractivity contribution in [2.75, 3.05) is 26.2 Å². The van der Waals surface area contributed by atoms with Crippen LogP contribution in [0.2, 0.25) is 0 Å². The van der Waals surface area contributed by atoms with E-state index in [1.807, 2.05) is 11.0 Å². The Morgan fingerprint density at radius 3 is 2.78 bits per heavy atom. The Balaban J connectivity index is 1.96. The molecule has 1 fully saturated rings. The summed E-state index contributed by atoms with van der Waals surface area (Å²) in [7, 11) is 0. The van der Waals surface area contributed by atoms with Gasteiger partial charge in [0.15, 0.2) is 0 Å². The van der Waals surface area contributed by atoms with Crippen molar-refractivity contribution in [3.05, 3.63) is 35.4 Å². The molecule has 0 saturated carbocycles. The second-order valence-electron chi connectivity index (χ2n) is 4.33. The van der Waals surface area contributed by atoms with Crippen LogP contribution in [0, 0.1) is 11.3 Å². The van der Waals surface area contributed by atoms with Gasteiger partial charge in [0, 0.05) is 19.6 Å². The monoisotopic (exact) mass is 245 g/mol. The first-order valence-corrected chi connectivity index (χ1v) is 5.86. The van der Waals surface area contributed by atoms with Gasteiger partial charge in [-0.1, -0.05) is 12.1 Å². The average molecular weight is 245 g/mol. The Hall–Kier alpha value is -1.90. The normalized spacial score (nSPS) is 17.9. The minimum Gasteiger partial charge on any atom is -0.387 e. The molecule has 5 heteroatoms. The first-order chi connectivity index (χ1) is 8.69. The van der Waals surface area contributed by atoms with E-state index in [1.165, 1.54) is 0 Å². The molecule has 1 aliphatic rings. The number of hydrogen-bond donors (Lipinski definition) is 2. The van der Waals surface area contributed by atoms with Crippen LogP contribution in [0.15, 0.2) is 24.3 Å². The summed E-state index contributed by atoms with van der Waals surface area (Å²) in [4.78, 5) is 13.1. The van der Waals surface area contributed by atoms with Crippen LogP contribution in [0.25, 0.3) is 0 Å². The van der Waals surface area contributed by atoms with Crippen LogP contribution in [0.3, 0.4) is 0 Å². The third-order valence-corrected chi connectivity index (χ3v) is 2.97. The van der Waals surface area contributed by atoms with Crippen molar-refractivity contribution in [3.8, 4) is 6.07 Å². The number of nitrogens with one attached hydrogen (secondary N) is 1. The van der Waals surface area contributed by atoms with Crippen LogP contribution in [0.5, 0.6) is 0 Å². The van der Waals surface area contributed by atoms with E-state index in [-0.39, 0.29) is 5.91 Å². The average Bonchev–Trinajstić information content (AvgIpc) is 2.39. The predicted octanol–water partition coefficient (Wildman–Crippen LogP) is 0.0235. The largest absolute Gasteiger partial charge is 0.387 e. The van der Waals surface area contributed by atoms with Gasteiger partial charge in [-0.25, -0.2) is 0 Å². The first-order valence-electron chi connectivity index (χ1n) is 5.86. The van der Waals surface area contributed by atoms with Gasteiger partial charge in [-0.2, -0.15) is 5.26 Å². The lowest BCUT2D eigenvalue weighted by Crippen LogP contribution is -2.48. The molecule has 94 valence electrons. The van der Waals surface area contributed by atoms with Crippen LogP contribution < -0.4 is 5.32 Å². The third kappa shape index (κ3) is 3.06. The van der Waals surface area contributed by atoms with E-state index in [9.17, 15) is 9.90 Å².